The molecule has 1 aliphatic carbocycles. The van der Waals surface area contributed by atoms with Gasteiger partial charge in [0, 0.05) is 25.2 Å². The Hall–Kier alpha value is -1.33. The summed E-state index contributed by atoms with van der Waals surface area (Å²) in [5.74, 6) is 0. The second-order valence-electron chi connectivity index (χ2n) is 8.47. The zero-order chi connectivity index (χ0) is 20.7. The van der Waals surface area contributed by atoms with Crippen LogP contribution in [0.25, 0.3) is 0 Å². The number of nitrogens with zero attached hydrogens (tertiary/aromatic N) is 1. The summed E-state index contributed by atoms with van der Waals surface area (Å²) in [5, 5.41) is 13.8. The number of rotatable bonds is 4. The van der Waals surface area contributed by atoms with E-state index in [2.05, 4.69) is 16.8 Å². The highest BCUT2D eigenvalue weighted by atomic mass is 16.6. The summed E-state index contributed by atoms with van der Waals surface area (Å²) < 4.78 is 5.34. The van der Waals surface area contributed by atoms with Crippen LogP contribution < -0.4 is 5.32 Å². The molecule has 0 aromatic rings. The molecule has 27 heavy (non-hydrogen) atoms. The first-order valence-corrected chi connectivity index (χ1v) is 10.4. The standard InChI is InChI=1S/C20H34N2O3.C2H6/c1-6-7-15(2)20(24)11-8-17(9-12-20)22-13-10-16(14-22)21-18(23)25-19(3,4)5;1-2/h6-7,16-17,24H,1,8-14H2,2-5H3,(H,21,23);1-2H3/b15-7+;. The number of aliphatic hydroxyl groups is 1. The predicted octanol–water partition coefficient (Wildman–Crippen LogP) is 4.42. The predicted molar refractivity (Wildman–Crippen MR) is 112 cm³/mol. The first-order valence-electron chi connectivity index (χ1n) is 10.4. The monoisotopic (exact) mass is 380 g/mol. The van der Waals surface area contributed by atoms with Crippen molar-refractivity contribution in [3.63, 3.8) is 0 Å². The number of likely N-dealkylation sites (tertiary alicyclic amines) is 1. The Labute approximate surface area is 165 Å². The molecule has 5 nitrogen and oxygen atoms in total. The van der Waals surface area contributed by atoms with E-state index in [-0.39, 0.29) is 12.1 Å². The lowest BCUT2D eigenvalue weighted by molar-refractivity contribution is 0.0126. The Morgan fingerprint density at radius 3 is 2.37 bits per heavy atom. The summed E-state index contributed by atoms with van der Waals surface area (Å²) in [6.45, 7) is 17.2. The molecule has 5 heteroatoms. The lowest BCUT2D eigenvalue weighted by Gasteiger charge is -2.40. The fourth-order valence-electron chi connectivity index (χ4n) is 3.88. The molecule has 0 bridgehead atoms. The lowest BCUT2D eigenvalue weighted by Crippen LogP contribution is -2.45. The SMILES string of the molecule is C=C/C=C(\C)C1(O)CCC(N2CCC(NC(=O)OC(C)(C)C)C2)CC1.CC. The quantitative estimate of drug-likeness (QED) is 0.709. The van der Waals surface area contributed by atoms with Crippen LogP contribution in [0.4, 0.5) is 4.79 Å². The molecule has 0 radical (unpaired) electrons. The van der Waals surface area contributed by atoms with Gasteiger partial charge in [0.2, 0.25) is 0 Å². The number of nitrogens with one attached hydrogen (secondary N) is 1. The van der Waals surface area contributed by atoms with Crippen molar-refractivity contribution in [1.82, 2.24) is 10.2 Å². The van der Waals surface area contributed by atoms with Gasteiger partial charge in [-0.25, -0.2) is 4.79 Å². The van der Waals surface area contributed by atoms with Crippen LogP contribution in [0.1, 0.15) is 73.6 Å². The average molecular weight is 381 g/mol. The molecule has 1 unspecified atom stereocenters. The summed E-state index contributed by atoms with van der Waals surface area (Å²) in [6.07, 6.45) is 7.82. The molecule has 2 aliphatic rings. The first kappa shape index (κ1) is 23.7. The molecule has 1 atom stereocenters. The van der Waals surface area contributed by atoms with Gasteiger partial charge in [0.05, 0.1) is 5.60 Å². The smallest absolute Gasteiger partial charge is 0.407 e. The fraction of sp³-hybridized carbons (Fsp3) is 0.773. The Bertz CT molecular complexity index is 514. The van der Waals surface area contributed by atoms with Crippen LogP contribution in [0.15, 0.2) is 24.3 Å². The van der Waals surface area contributed by atoms with Gasteiger partial charge in [-0.1, -0.05) is 32.6 Å². The van der Waals surface area contributed by atoms with Gasteiger partial charge in [0.25, 0.3) is 0 Å². The number of amides is 1. The van der Waals surface area contributed by atoms with Gasteiger partial charge < -0.3 is 15.2 Å². The van der Waals surface area contributed by atoms with E-state index in [0.717, 1.165) is 50.8 Å². The Morgan fingerprint density at radius 1 is 1.26 bits per heavy atom. The summed E-state index contributed by atoms with van der Waals surface area (Å²) in [7, 11) is 0. The van der Waals surface area contributed by atoms with Crippen molar-refractivity contribution in [2.75, 3.05) is 13.1 Å². The van der Waals surface area contributed by atoms with E-state index < -0.39 is 11.2 Å². The molecule has 2 N–H and O–H groups in total. The van der Waals surface area contributed by atoms with Crippen molar-refractivity contribution in [2.45, 2.75) is 96.9 Å². The molecule has 0 aromatic heterocycles. The minimum absolute atomic E-state index is 0.151. The van der Waals surface area contributed by atoms with E-state index in [0.29, 0.717) is 6.04 Å². The zero-order valence-corrected chi connectivity index (χ0v) is 18.2. The van der Waals surface area contributed by atoms with Crippen molar-refractivity contribution in [3.05, 3.63) is 24.3 Å². The number of ether oxygens (including phenoxy) is 1. The lowest BCUT2D eigenvalue weighted by atomic mass is 9.77. The first-order chi connectivity index (χ1) is 12.6. The van der Waals surface area contributed by atoms with Crippen molar-refractivity contribution in [1.29, 1.82) is 0 Å². The number of hydrogen-bond acceptors (Lipinski definition) is 4. The maximum Gasteiger partial charge on any atom is 0.407 e. The van der Waals surface area contributed by atoms with Gasteiger partial charge in [0.15, 0.2) is 0 Å². The van der Waals surface area contributed by atoms with E-state index in [4.69, 9.17) is 4.74 Å². The van der Waals surface area contributed by atoms with E-state index >= 15 is 0 Å². The molecule has 2 fully saturated rings. The fourth-order valence-corrected chi connectivity index (χ4v) is 3.88. The van der Waals surface area contributed by atoms with Gasteiger partial charge >= 0.3 is 6.09 Å². The van der Waals surface area contributed by atoms with Gasteiger partial charge in [-0.15, -0.1) is 0 Å². The van der Waals surface area contributed by atoms with Gasteiger partial charge in [-0.3, -0.25) is 4.90 Å². The number of hydrogen-bond donors (Lipinski definition) is 2. The highest BCUT2D eigenvalue weighted by molar-refractivity contribution is 5.68. The van der Waals surface area contributed by atoms with E-state index in [1.165, 1.54) is 0 Å². The van der Waals surface area contributed by atoms with Crippen molar-refractivity contribution in [2.24, 2.45) is 0 Å². The molecule has 0 spiro atoms. The maximum absolute atomic E-state index is 11.9. The van der Waals surface area contributed by atoms with Gasteiger partial charge in [0.1, 0.15) is 5.60 Å². The zero-order valence-electron chi connectivity index (χ0n) is 18.2. The average Bonchev–Trinajstić information content (AvgIpc) is 3.04. The number of allylic oxidation sites excluding steroid dienone is 2. The minimum Gasteiger partial charge on any atom is -0.444 e. The molecular weight excluding hydrogens is 340 g/mol. The molecule has 2 rings (SSSR count). The number of carbonyl (C=O) groups is 1. The van der Waals surface area contributed by atoms with Gasteiger partial charge in [-0.2, -0.15) is 0 Å². The molecule has 1 saturated heterocycles. The van der Waals surface area contributed by atoms with E-state index in [1.807, 2.05) is 47.6 Å². The topological polar surface area (TPSA) is 61.8 Å². The molecular formula is C22H40N2O3. The Kier molecular flexibility index (Phi) is 9.03. The largest absolute Gasteiger partial charge is 0.444 e. The van der Waals surface area contributed by atoms with Crippen LogP contribution >= 0.6 is 0 Å². The van der Waals surface area contributed by atoms with Crippen LogP contribution in [0.3, 0.4) is 0 Å². The molecule has 1 saturated carbocycles. The molecule has 1 amide bonds. The van der Waals surface area contributed by atoms with Crippen molar-refractivity contribution < 1.29 is 14.6 Å². The third kappa shape index (κ3) is 7.30. The van der Waals surface area contributed by atoms with Crippen LogP contribution in [-0.4, -0.2) is 52.5 Å². The summed E-state index contributed by atoms with van der Waals surface area (Å²) in [5.41, 5.74) is -0.141. The minimum atomic E-state index is -0.682. The molecule has 156 valence electrons. The maximum atomic E-state index is 11.9. The summed E-state index contributed by atoms with van der Waals surface area (Å²) in [6, 6.07) is 0.639. The second kappa shape index (κ2) is 10.3. The van der Waals surface area contributed by atoms with Crippen LogP contribution in [0.5, 0.6) is 0 Å². The normalized spacial score (nSPS) is 29.5. The molecule has 1 heterocycles. The number of carbonyl (C=O) groups excluding carboxylic acids is 1. The number of alkyl carbamates (subject to hydrolysis) is 1. The molecule has 0 aromatic carbocycles. The van der Waals surface area contributed by atoms with E-state index in [9.17, 15) is 9.90 Å². The van der Waals surface area contributed by atoms with Crippen LogP contribution in [0.2, 0.25) is 0 Å². The van der Waals surface area contributed by atoms with Crippen LogP contribution in [-0.2, 0) is 4.74 Å². The summed E-state index contributed by atoms with van der Waals surface area (Å²) >= 11 is 0. The van der Waals surface area contributed by atoms with Gasteiger partial charge in [-0.05, 0) is 65.4 Å². The highest BCUT2D eigenvalue weighted by Crippen LogP contribution is 2.36. The third-order valence-corrected chi connectivity index (χ3v) is 5.34. The van der Waals surface area contributed by atoms with Crippen molar-refractivity contribution >= 4 is 6.09 Å². The highest BCUT2D eigenvalue weighted by Gasteiger charge is 2.38. The molecule has 1 aliphatic heterocycles. The van der Waals surface area contributed by atoms with Crippen LogP contribution in [0, 0.1) is 0 Å². The second-order valence-corrected chi connectivity index (χ2v) is 8.47. The Morgan fingerprint density at radius 2 is 1.85 bits per heavy atom. The Balaban J connectivity index is 0.00000176. The van der Waals surface area contributed by atoms with Crippen molar-refractivity contribution in [3.8, 4) is 0 Å². The third-order valence-electron chi connectivity index (χ3n) is 5.34. The summed E-state index contributed by atoms with van der Waals surface area (Å²) in [4.78, 5) is 14.4. The van der Waals surface area contributed by atoms with E-state index in [1.54, 1.807) is 6.08 Å².